The third-order valence-corrected chi connectivity index (χ3v) is 7.61. The molecule has 0 saturated carbocycles. The SMILES string of the molecule is CC(C)[C@H](N)C(=O)NCC(=O)NCC(=O)N[C@@H](CCC(=O)O)C(=O)N[C@@H](CCCCN)C(=O)N[C@@H](CCC(=O)O)C(=O)N[C@@H](CCCN=C(N)N)C(=O)O. The molecule has 0 radical (unpaired) electrons. The first-order chi connectivity index (χ1) is 25.3. The molecule has 0 aromatic carbocycles. The Labute approximate surface area is 311 Å². The summed E-state index contributed by atoms with van der Waals surface area (Å²) in [5.41, 5.74) is 21.8. The highest BCUT2D eigenvalue weighted by molar-refractivity contribution is 5.96. The van der Waals surface area contributed by atoms with Crippen molar-refractivity contribution in [3.8, 4) is 0 Å². The molecule has 0 aliphatic rings. The summed E-state index contributed by atoms with van der Waals surface area (Å²) in [7, 11) is 0. The minimum absolute atomic E-state index is 0.0572. The van der Waals surface area contributed by atoms with E-state index in [1.807, 2.05) is 0 Å². The van der Waals surface area contributed by atoms with Gasteiger partial charge in [0.2, 0.25) is 35.4 Å². The van der Waals surface area contributed by atoms with Gasteiger partial charge in [0, 0.05) is 19.4 Å². The lowest BCUT2D eigenvalue weighted by atomic mass is 10.0. The molecule has 0 unspecified atom stereocenters. The molecule has 5 atom stereocenters. The zero-order chi connectivity index (χ0) is 41.4. The van der Waals surface area contributed by atoms with Gasteiger partial charge in [-0.05, 0) is 57.4 Å². The molecule has 0 spiro atoms. The number of nitrogens with one attached hydrogen (secondary N) is 6. The average molecular weight is 774 g/mol. The Balaban J connectivity index is 5.89. The summed E-state index contributed by atoms with van der Waals surface area (Å²) in [6, 6.07) is -6.84. The van der Waals surface area contributed by atoms with Gasteiger partial charge in [0.1, 0.15) is 24.2 Å². The second kappa shape index (κ2) is 26.2. The van der Waals surface area contributed by atoms with Gasteiger partial charge in [0.05, 0.1) is 19.1 Å². The predicted octanol–water partition coefficient (Wildman–Crippen LogP) is -4.86. The monoisotopic (exact) mass is 773 g/mol. The summed E-state index contributed by atoms with van der Waals surface area (Å²) in [6.45, 7) is 2.51. The van der Waals surface area contributed by atoms with Crippen LogP contribution in [-0.2, 0) is 43.2 Å². The Morgan fingerprint density at radius 2 is 1.06 bits per heavy atom. The number of carboxylic acids is 3. The fourth-order valence-electron chi connectivity index (χ4n) is 4.49. The van der Waals surface area contributed by atoms with Crippen LogP contribution in [0.2, 0.25) is 0 Å². The lowest BCUT2D eigenvalue weighted by molar-refractivity contribution is -0.143. The van der Waals surface area contributed by atoms with Crippen molar-refractivity contribution in [3.63, 3.8) is 0 Å². The molecule has 17 N–H and O–H groups in total. The smallest absolute Gasteiger partial charge is 0.326 e. The first-order valence-corrected chi connectivity index (χ1v) is 17.2. The Morgan fingerprint density at radius 3 is 1.52 bits per heavy atom. The largest absolute Gasteiger partial charge is 0.481 e. The molecule has 0 aromatic rings. The number of carbonyl (C=O) groups excluding carboxylic acids is 6. The highest BCUT2D eigenvalue weighted by Crippen LogP contribution is 2.08. The van der Waals surface area contributed by atoms with Gasteiger partial charge >= 0.3 is 17.9 Å². The van der Waals surface area contributed by atoms with Crippen LogP contribution in [0.3, 0.4) is 0 Å². The quantitative estimate of drug-likeness (QED) is 0.0201. The highest BCUT2D eigenvalue weighted by atomic mass is 16.4. The van der Waals surface area contributed by atoms with Crippen LogP contribution in [0.25, 0.3) is 0 Å². The number of aliphatic imine (C=N–C) groups is 1. The fraction of sp³-hybridized carbons (Fsp3) is 0.677. The molecule has 0 aliphatic carbocycles. The summed E-state index contributed by atoms with van der Waals surface area (Å²) < 4.78 is 0. The molecule has 0 bridgehead atoms. The first kappa shape index (κ1) is 48.4. The fourth-order valence-corrected chi connectivity index (χ4v) is 4.49. The van der Waals surface area contributed by atoms with Crippen LogP contribution >= 0.6 is 0 Å². The van der Waals surface area contributed by atoms with Crippen molar-refractivity contribution in [3.05, 3.63) is 0 Å². The third-order valence-electron chi connectivity index (χ3n) is 7.61. The Hall–Kier alpha value is -5.58. The number of carbonyl (C=O) groups is 9. The van der Waals surface area contributed by atoms with E-state index in [1.165, 1.54) is 0 Å². The van der Waals surface area contributed by atoms with Crippen molar-refractivity contribution in [2.24, 2.45) is 33.8 Å². The van der Waals surface area contributed by atoms with Crippen LogP contribution in [-0.4, -0.2) is 131 Å². The maximum atomic E-state index is 13.5. The molecule has 0 heterocycles. The van der Waals surface area contributed by atoms with E-state index in [0.29, 0.717) is 6.42 Å². The maximum absolute atomic E-state index is 13.5. The van der Waals surface area contributed by atoms with E-state index in [9.17, 15) is 58.5 Å². The molecular weight excluding hydrogens is 718 g/mol. The van der Waals surface area contributed by atoms with Gasteiger partial charge in [0.15, 0.2) is 5.96 Å². The number of nitrogens with two attached hydrogens (primary N) is 4. The number of rotatable bonds is 28. The van der Waals surface area contributed by atoms with Crippen molar-refractivity contribution in [2.45, 2.75) is 102 Å². The molecule has 0 aromatic heterocycles. The maximum Gasteiger partial charge on any atom is 0.326 e. The summed E-state index contributed by atoms with van der Waals surface area (Å²) in [4.78, 5) is 115. The second-order valence-electron chi connectivity index (χ2n) is 12.5. The van der Waals surface area contributed by atoms with Crippen LogP contribution in [0.1, 0.15) is 71.6 Å². The summed E-state index contributed by atoms with van der Waals surface area (Å²) in [6.07, 6.45) is -1.47. The molecule has 306 valence electrons. The molecule has 0 aliphatic heterocycles. The molecule has 6 amide bonds. The highest BCUT2D eigenvalue weighted by Gasteiger charge is 2.32. The van der Waals surface area contributed by atoms with Gasteiger partial charge in [-0.25, -0.2) is 4.79 Å². The standard InChI is InChI=1S/C31H55N11O12/c1-16(2)25(33)29(52)38-14-21(43)37-15-22(44)39-18(8-10-23(45)46)27(50)40-17(6-3-4-12-32)26(49)41-19(9-11-24(47)48)28(51)42-20(30(53)54)7-5-13-36-31(34)35/h16-20,25H,3-15,32-33H2,1-2H3,(H,37,43)(H,38,52)(H,39,44)(H,40,50)(H,41,49)(H,42,51)(H,45,46)(H,47,48)(H,53,54)(H4,34,35,36)/t17-,18-,19-,20-,25-/m0/s1. The van der Waals surface area contributed by atoms with E-state index in [4.69, 9.17) is 22.9 Å². The molecule has 23 nitrogen and oxygen atoms in total. The average Bonchev–Trinajstić information content (AvgIpc) is 3.09. The van der Waals surface area contributed by atoms with Crippen molar-refractivity contribution < 1.29 is 58.5 Å². The number of hydrogen-bond donors (Lipinski definition) is 13. The third kappa shape index (κ3) is 21.7. The minimum Gasteiger partial charge on any atom is -0.481 e. The first-order valence-electron chi connectivity index (χ1n) is 17.2. The van der Waals surface area contributed by atoms with E-state index in [1.54, 1.807) is 13.8 Å². The molecule has 23 heteroatoms. The van der Waals surface area contributed by atoms with E-state index in [-0.39, 0.29) is 50.7 Å². The summed E-state index contributed by atoms with van der Waals surface area (Å²) in [5, 5.41) is 41.9. The van der Waals surface area contributed by atoms with Crippen molar-refractivity contribution in [2.75, 3.05) is 26.2 Å². The number of amides is 6. The topological polar surface area (TPSA) is 403 Å². The molecule has 0 saturated heterocycles. The Kier molecular flexibility index (Phi) is 23.5. The van der Waals surface area contributed by atoms with Crippen LogP contribution in [0.4, 0.5) is 0 Å². The number of carboxylic acid groups (broad SMARTS) is 3. The summed E-state index contributed by atoms with van der Waals surface area (Å²) in [5.74, 6) is -9.75. The Bertz CT molecular complexity index is 1340. The normalized spacial score (nSPS) is 13.5. The predicted molar refractivity (Wildman–Crippen MR) is 191 cm³/mol. The van der Waals surface area contributed by atoms with Crippen LogP contribution in [0, 0.1) is 5.92 Å². The van der Waals surface area contributed by atoms with E-state index in [2.05, 4.69) is 36.9 Å². The zero-order valence-electron chi connectivity index (χ0n) is 30.4. The lowest BCUT2D eigenvalue weighted by Crippen LogP contribution is -2.58. The number of nitrogens with zero attached hydrogens (tertiary/aromatic N) is 1. The van der Waals surface area contributed by atoms with Gasteiger partial charge in [-0.3, -0.25) is 43.3 Å². The van der Waals surface area contributed by atoms with Crippen LogP contribution < -0.4 is 54.8 Å². The molecule has 0 rings (SSSR count). The second-order valence-corrected chi connectivity index (χ2v) is 12.5. The van der Waals surface area contributed by atoms with Crippen molar-refractivity contribution in [1.29, 1.82) is 0 Å². The Morgan fingerprint density at radius 1 is 0.593 bits per heavy atom. The minimum atomic E-state index is -1.57. The van der Waals surface area contributed by atoms with Gasteiger partial charge in [-0.1, -0.05) is 13.8 Å². The van der Waals surface area contributed by atoms with Crippen molar-refractivity contribution >= 4 is 59.3 Å². The zero-order valence-corrected chi connectivity index (χ0v) is 30.4. The summed E-state index contributed by atoms with van der Waals surface area (Å²) >= 11 is 0. The van der Waals surface area contributed by atoms with Crippen molar-refractivity contribution in [1.82, 2.24) is 31.9 Å². The van der Waals surface area contributed by atoms with Gasteiger partial charge in [-0.15, -0.1) is 0 Å². The van der Waals surface area contributed by atoms with Gasteiger partial charge < -0.3 is 70.2 Å². The number of unbranched alkanes of at least 4 members (excludes halogenated alkanes) is 1. The number of guanidine groups is 1. The van der Waals surface area contributed by atoms with Gasteiger partial charge in [0.25, 0.3) is 0 Å². The number of aliphatic carboxylic acids is 3. The van der Waals surface area contributed by atoms with Crippen LogP contribution in [0.5, 0.6) is 0 Å². The van der Waals surface area contributed by atoms with E-state index >= 15 is 0 Å². The van der Waals surface area contributed by atoms with E-state index in [0.717, 1.165) is 0 Å². The lowest BCUT2D eigenvalue weighted by Gasteiger charge is -2.26. The number of hydrogen-bond acceptors (Lipinski definition) is 12. The molecule has 54 heavy (non-hydrogen) atoms. The molecular formula is C31H55N11O12. The van der Waals surface area contributed by atoms with Gasteiger partial charge in [-0.2, -0.15) is 0 Å². The molecule has 0 fully saturated rings. The van der Waals surface area contributed by atoms with E-state index < -0.39 is 122 Å². The van der Waals surface area contributed by atoms with Crippen LogP contribution in [0.15, 0.2) is 4.99 Å².